The van der Waals surface area contributed by atoms with Crippen LogP contribution in [0.5, 0.6) is 5.75 Å². The van der Waals surface area contributed by atoms with E-state index in [1.165, 1.54) is 47.6 Å². The molecule has 0 unspecified atom stereocenters. The first-order valence-electron chi connectivity index (χ1n) is 10.9. The monoisotopic (exact) mass is 488 g/mol. The highest BCUT2D eigenvalue weighted by molar-refractivity contribution is 7.22. The van der Waals surface area contributed by atoms with Crippen molar-refractivity contribution in [1.82, 2.24) is 4.98 Å². The molecule has 1 aliphatic rings. The number of nitrogens with zero attached hydrogens (tertiary/aromatic N) is 2. The number of halogens is 1. The number of Topliss-reactive ketones (excluding diaryl/α,β-unsaturated/α-hetero) is 1. The highest BCUT2D eigenvalue weighted by Gasteiger charge is 2.49. The molecule has 0 bridgehead atoms. The second kappa shape index (κ2) is 8.63. The molecule has 0 saturated carbocycles. The molecule has 1 amide bonds. The summed E-state index contributed by atoms with van der Waals surface area (Å²) in [5.41, 5.74) is 3.39. The van der Waals surface area contributed by atoms with E-state index in [1.807, 2.05) is 26.0 Å². The number of aliphatic hydroxyl groups excluding tert-OH is 1. The van der Waals surface area contributed by atoms with E-state index in [2.05, 4.69) is 0 Å². The number of ketones is 1. The molecule has 3 aromatic carbocycles. The van der Waals surface area contributed by atoms with Gasteiger partial charge in [-0.1, -0.05) is 35.6 Å². The number of fused-ring (bicyclic) bond motifs is 1. The van der Waals surface area contributed by atoms with Gasteiger partial charge in [-0.05, 0) is 61.4 Å². The number of amides is 1. The maximum Gasteiger partial charge on any atom is 0.301 e. The fourth-order valence-electron chi connectivity index (χ4n) is 4.44. The zero-order valence-electron chi connectivity index (χ0n) is 19.2. The van der Waals surface area contributed by atoms with E-state index >= 15 is 0 Å². The van der Waals surface area contributed by atoms with E-state index in [-0.39, 0.29) is 11.1 Å². The summed E-state index contributed by atoms with van der Waals surface area (Å²) in [7, 11) is 1.49. The molecule has 5 rings (SSSR count). The summed E-state index contributed by atoms with van der Waals surface area (Å²) in [6.07, 6.45) is 0. The third kappa shape index (κ3) is 3.76. The van der Waals surface area contributed by atoms with Crippen LogP contribution in [0.2, 0.25) is 0 Å². The van der Waals surface area contributed by atoms with Crippen molar-refractivity contribution in [3.05, 3.63) is 94.3 Å². The van der Waals surface area contributed by atoms with Crippen molar-refractivity contribution < 1.29 is 23.8 Å². The lowest BCUT2D eigenvalue weighted by molar-refractivity contribution is -0.132. The Morgan fingerprint density at radius 3 is 2.51 bits per heavy atom. The number of rotatable bonds is 4. The van der Waals surface area contributed by atoms with Gasteiger partial charge in [-0.3, -0.25) is 14.5 Å². The van der Waals surface area contributed by atoms with Crippen molar-refractivity contribution >= 4 is 44.1 Å². The van der Waals surface area contributed by atoms with Gasteiger partial charge >= 0.3 is 5.91 Å². The van der Waals surface area contributed by atoms with E-state index in [1.54, 1.807) is 24.3 Å². The number of methoxy groups -OCH3 is 1. The molecule has 1 N–H and O–H groups in total. The van der Waals surface area contributed by atoms with Gasteiger partial charge < -0.3 is 9.84 Å². The fourth-order valence-corrected chi connectivity index (χ4v) is 5.61. The number of thiazole rings is 1. The van der Waals surface area contributed by atoms with Gasteiger partial charge in [0.2, 0.25) is 0 Å². The topological polar surface area (TPSA) is 79.7 Å². The number of aryl methyl sites for hydroxylation is 2. The predicted molar refractivity (Wildman–Crippen MR) is 133 cm³/mol. The smallest absolute Gasteiger partial charge is 0.301 e. The standard InChI is InChI=1S/C27H21FN2O4S/c1-14-12-15(2)22-20(13-14)35-27(29-22)30-23(18-6-4-5-7-19(18)34-3)21(25(32)26(30)33)24(31)16-8-10-17(28)11-9-16/h4-13,23,31H,1-3H3/b24-21+/t23-/m1/s1. The molecule has 0 aliphatic carbocycles. The van der Waals surface area contributed by atoms with E-state index in [9.17, 15) is 19.1 Å². The zero-order chi connectivity index (χ0) is 24.9. The second-order valence-corrected chi connectivity index (χ2v) is 9.35. The lowest BCUT2D eigenvalue weighted by Crippen LogP contribution is -2.29. The largest absolute Gasteiger partial charge is 0.507 e. The number of para-hydroxylation sites is 1. The van der Waals surface area contributed by atoms with Crippen molar-refractivity contribution in [1.29, 1.82) is 0 Å². The van der Waals surface area contributed by atoms with Crippen LogP contribution in [-0.2, 0) is 9.59 Å². The molecule has 6 nitrogen and oxygen atoms in total. The Bertz CT molecular complexity index is 1520. The van der Waals surface area contributed by atoms with Crippen molar-refractivity contribution in [3.63, 3.8) is 0 Å². The predicted octanol–water partition coefficient (Wildman–Crippen LogP) is 5.69. The van der Waals surface area contributed by atoms with E-state index in [4.69, 9.17) is 9.72 Å². The maximum atomic E-state index is 13.5. The molecule has 176 valence electrons. The van der Waals surface area contributed by atoms with Crippen LogP contribution < -0.4 is 9.64 Å². The van der Waals surface area contributed by atoms with Crippen LogP contribution in [0.3, 0.4) is 0 Å². The zero-order valence-corrected chi connectivity index (χ0v) is 20.0. The summed E-state index contributed by atoms with van der Waals surface area (Å²) < 4.78 is 19.9. The minimum atomic E-state index is -0.988. The van der Waals surface area contributed by atoms with Crippen LogP contribution in [0.15, 0.2) is 66.2 Å². The molecule has 1 fully saturated rings. The van der Waals surface area contributed by atoms with Crippen LogP contribution in [0.1, 0.15) is 28.3 Å². The average molecular weight is 489 g/mol. The van der Waals surface area contributed by atoms with Gasteiger partial charge in [0.1, 0.15) is 23.4 Å². The molecular formula is C27H21FN2O4S. The van der Waals surface area contributed by atoms with E-state index < -0.39 is 29.3 Å². The molecule has 2 heterocycles. The Labute approximate surface area is 204 Å². The van der Waals surface area contributed by atoms with Crippen LogP contribution in [0.4, 0.5) is 9.52 Å². The number of aliphatic hydroxyl groups is 1. The van der Waals surface area contributed by atoms with Gasteiger partial charge in [-0.25, -0.2) is 9.37 Å². The maximum absolute atomic E-state index is 13.5. The number of anilines is 1. The Kier molecular flexibility index (Phi) is 5.61. The number of benzene rings is 3. The molecule has 0 radical (unpaired) electrons. The third-order valence-electron chi connectivity index (χ3n) is 6.02. The normalized spacial score (nSPS) is 17.4. The van der Waals surface area contributed by atoms with Gasteiger partial charge in [0, 0.05) is 11.1 Å². The number of hydrogen-bond donors (Lipinski definition) is 1. The number of hydrogen-bond acceptors (Lipinski definition) is 6. The molecule has 1 saturated heterocycles. The van der Waals surface area contributed by atoms with E-state index in [0.29, 0.717) is 16.4 Å². The molecular weight excluding hydrogens is 467 g/mol. The number of aromatic nitrogens is 1. The molecule has 4 aromatic rings. The van der Waals surface area contributed by atoms with Crippen LogP contribution in [0.25, 0.3) is 16.0 Å². The Balaban J connectivity index is 1.77. The van der Waals surface area contributed by atoms with Crippen molar-refractivity contribution in [2.45, 2.75) is 19.9 Å². The van der Waals surface area contributed by atoms with Crippen LogP contribution >= 0.6 is 11.3 Å². The lowest BCUT2D eigenvalue weighted by atomic mass is 9.94. The van der Waals surface area contributed by atoms with Crippen molar-refractivity contribution in [2.24, 2.45) is 0 Å². The van der Waals surface area contributed by atoms with Gasteiger partial charge in [0.05, 0.1) is 22.9 Å². The average Bonchev–Trinajstić information content (AvgIpc) is 3.37. The Morgan fingerprint density at radius 2 is 1.80 bits per heavy atom. The summed E-state index contributed by atoms with van der Waals surface area (Å²) >= 11 is 1.30. The summed E-state index contributed by atoms with van der Waals surface area (Å²) in [5, 5.41) is 11.5. The van der Waals surface area contributed by atoms with Crippen molar-refractivity contribution in [3.8, 4) is 5.75 Å². The molecule has 8 heteroatoms. The Hall–Kier alpha value is -4.04. The molecule has 35 heavy (non-hydrogen) atoms. The second-order valence-electron chi connectivity index (χ2n) is 8.34. The fraction of sp³-hybridized carbons (Fsp3) is 0.148. The highest BCUT2D eigenvalue weighted by Crippen LogP contribution is 2.46. The van der Waals surface area contributed by atoms with Gasteiger partial charge in [0.25, 0.3) is 5.78 Å². The quantitative estimate of drug-likeness (QED) is 0.227. The lowest BCUT2D eigenvalue weighted by Gasteiger charge is -2.24. The molecule has 1 atom stereocenters. The minimum Gasteiger partial charge on any atom is -0.507 e. The number of ether oxygens (including phenoxy) is 1. The van der Waals surface area contributed by atoms with E-state index in [0.717, 1.165) is 21.3 Å². The number of carbonyl (C=O) groups excluding carboxylic acids is 2. The van der Waals surface area contributed by atoms with Gasteiger partial charge in [-0.15, -0.1) is 0 Å². The van der Waals surface area contributed by atoms with Crippen LogP contribution in [-0.4, -0.2) is 28.9 Å². The van der Waals surface area contributed by atoms with Gasteiger partial charge in [-0.2, -0.15) is 0 Å². The summed E-state index contributed by atoms with van der Waals surface area (Å²) in [5.74, 6) is -2.09. The molecule has 1 aromatic heterocycles. The van der Waals surface area contributed by atoms with Crippen LogP contribution in [0, 0.1) is 19.7 Å². The first-order chi connectivity index (χ1) is 16.8. The molecule has 0 spiro atoms. The summed E-state index contributed by atoms with van der Waals surface area (Å²) in [6.45, 7) is 3.93. The highest BCUT2D eigenvalue weighted by atomic mass is 32.1. The number of carbonyl (C=O) groups is 2. The van der Waals surface area contributed by atoms with Gasteiger partial charge in [0.15, 0.2) is 5.13 Å². The van der Waals surface area contributed by atoms with Crippen molar-refractivity contribution in [2.75, 3.05) is 12.0 Å². The first kappa shape index (κ1) is 22.7. The minimum absolute atomic E-state index is 0.113. The third-order valence-corrected chi connectivity index (χ3v) is 7.02. The Morgan fingerprint density at radius 1 is 1.09 bits per heavy atom. The summed E-state index contributed by atoms with van der Waals surface area (Å²) in [4.78, 5) is 32.8. The first-order valence-corrected chi connectivity index (χ1v) is 11.7. The SMILES string of the molecule is COc1ccccc1[C@@H]1/C(=C(\O)c2ccc(F)cc2)C(=O)C(=O)N1c1nc2c(C)cc(C)cc2s1. The summed E-state index contributed by atoms with van der Waals surface area (Å²) in [6, 6.07) is 15.1. The molecule has 1 aliphatic heterocycles.